The van der Waals surface area contributed by atoms with Gasteiger partial charge in [-0.15, -0.1) is 0 Å². The van der Waals surface area contributed by atoms with E-state index in [-0.39, 0.29) is 5.76 Å². The van der Waals surface area contributed by atoms with Crippen molar-refractivity contribution in [2.45, 2.75) is 0 Å². The summed E-state index contributed by atoms with van der Waals surface area (Å²) in [6.45, 7) is 0. The molecule has 0 atom stereocenters. The monoisotopic (exact) mass is 248 g/mol. The van der Waals surface area contributed by atoms with E-state index in [0.29, 0.717) is 5.02 Å². The molecule has 0 aliphatic heterocycles. The van der Waals surface area contributed by atoms with Crippen molar-refractivity contribution in [2.75, 3.05) is 0 Å². The summed E-state index contributed by atoms with van der Waals surface area (Å²) in [7, 11) is 0. The first-order chi connectivity index (χ1) is 8.27. The van der Waals surface area contributed by atoms with Gasteiger partial charge in [0.15, 0.2) is 5.76 Å². The minimum atomic E-state index is -0.404. The Balaban J connectivity index is 1.99. The Bertz CT molecular complexity index is 535. The third kappa shape index (κ3) is 2.95. The second-order valence-electron chi connectivity index (χ2n) is 3.20. The van der Waals surface area contributed by atoms with Crippen molar-refractivity contribution in [1.29, 1.82) is 0 Å². The van der Waals surface area contributed by atoms with Crippen LogP contribution in [-0.4, -0.2) is 12.1 Å². The van der Waals surface area contributed by atoms with Gasteiger partial charge in [-0.2, -0.15) is 5.10 Å². The Hall–Kier alpha value is -2.07. The van der Waals surface area contributed by atoms with E-state index in [4.69, 9.17) is 16.0 Å². The lowest BCUT2D eigenvalue weighted by atomic mass is 10.2. The number of amides is 1. The van der Waals surface area contributed by atoms with E-state index in [9.17, 15) is 4.79 Å². The number of nitrogens with zero attached hydrogens (tertiary/aromatic N) is 1. The molecule has 2 rings (SSSR count). The summed E-state index contributed by atoms with van der Waals surface area (Å²) in [6, 6.07) is 10.4. The van der Waals surface area contributed by atoms with Gasteiger partial charge in [0, 0.05) is 10.6 Å². The van der Waals surface area contributed by atoms with Crippen molar-refractivity contribution in [3.8, 4) is 0 Å². The predicted octanol–water partition coefficient (Wildman–Crippen LogP) is 2.70. The molecule has 0 spiro atoms. The van der Waals surface area contributed by atoms with Gasteiger partial charge in [0.1, 0.15) is 0 Å². The highest BCUT2D eigenvalue weighted by Gasteiger charge is 2.05. The van der Waals surface area contributed by atoms with Crippen LogP contribution < -0.4 is 5.43 Å². The first-order valence-electron chi connectivity index (χ1n) is 4.89. The van der Waals surface area contributed by atoms with Crippen LogP contribution in [0.4, 0.5) is 0 Å². The second-order valence-corrected chi connectivity index (χ2v) is 3.61. The number of carbonyl (C=O) groups is 1. The number of rotatable bonds is 3. The maximum atomic E-state index is 11.4. The van der Waals surface area contributed by atoms with Gasteiger partial charge in [-0.05, 0) is 18.2 Å². The molecule has 17 heavy (non-hydrogen) atoms. The average molecular weight is 249 g/mol. The van der Waals surface area contributed by atoms with E-state index in [1.165, 1.54) is 12.5 Å². The normalized spacial score (nSPS) is 10.6. The molecule has 1 heterocycles. The van der Waals surface area contributed by atoms with Crippen molar-refractivity contribution >= 4 is 23.7 Å². The van der Waals surface area contributed by atoms with Crippen LogP contribution in [0.5, 0.6) is 0 Å². The fraction of sp³-hybridized carbons (Fsp3) is 0. The minimum absolute atomic E-state index is 0.210. The van der Waals surface area contributed by atoms with E-state index in [1.807, 2.05) is 12.1 Å². The van der Waals surface area contributed by atoms with Gasteiger partial charge in [-0.3, -0.25) is 4.79 Å². The molecular weight excluding hydrogens is 240 g/mol. The molecule has 0 radical (unpaired) electrons. The molecule has 0 unspecified atom stereocenters. The highest BCUT2D eigenvalue weighted by Crippen LogP contribution is 2.12. The van der Waals surface area contributed by atoms with E-state index >= 15 is 0 Å². The summed E-state index contributed by atoms with van der Waals surface area (Å²) in [5.74, 6) is -0.195. The summed E-state index contributed by atoms with van der Waals surface area (Å²) in [4.78, 5) is 11.4. The van der Waals surface area contributed by atoms with Crippen LogP contribution in [0.25, 0.3) is 0 Å². The summed E-state index contributed by atoms with van der Waals surface area (Å²) in [6.07, 6.45) is 2.90. The number of hydrazone groups is 1. The Morgan fingerprint density at radius 1 is 1.29 bits per heavy atom. The Morgan fingerprint density at radius 3 is 2.82 bits per heavy atom. The topological polar surface area (TPSA) is 54.6 Å². The molecule has 86 valence electrons. The Morgan fingerprint density at radius 2 is 2.12 bits per heavy atom. The molecule has 0 saturated heterocycles. The fourth-order valence-electron chi connectivity index (χ4n) is 1.20. The molecule has 5 heteroatoms. The van der Waals surface area contributed by atoms with Crippen LogP contribution in [-0.2, 0) is 0 Å². The summed E-state index contributed by atoms with van der Waals surface area (Å²) < 4.78 is 4.91. The zero-order valence-electron chi connectivity index (χ0n) is 8.76. The Labute approximate surface area is 103 Å². The van der Waals surface area contributed by atoms with Crippen LogP contribution >= 0.6 is 11.6 Å². The van der Waals surface area contributed by atoms with E-state index in [2.05, 4.69) is 10.5 Å². The van der Waals surface area contributed by atoms with Gasteiger partial charge in [-0.25, -0.2) is 5.43 Å². The lowest BCUT2D eigenvalue weighted by Crippen LogP contribution is -2.16. The van der Waals surface area contributed by atoms with Crippen LogP contribution in [0.3, 0.4) is 0 Å². The summed E-state index contributed by atoms with van der Waals surface area (Å²) in [5.41, 5.74) is 3.07. The smallest absolute Gasteiger partial charge is 0.307 e. The number of benzene rings is 1. The molecule has 1 aromatic heterocycles. The fourth-order valence-corrected chi connectivity index (χ4v) is 1.39. The van der Waals surface area contributed by atoms with Gasteiger partial charge >= 0.3 is 5.91 Å². The van der Waals surface area contributed by atoms with E-state index in [0.717, 1.165) is 5.56 Å². The molecule has 1 amide bonds. The van der Waals surface area contributed by atoms with Crippen molar-refractivity contribution in [3.05, 3.63) is 59.0 Å². The molecule has 0 saturated carbocycles. The molecule has 1 aromatic carbocycles. The molecule has 0 bridgehead atoms. The lowest BCUT2D eigenvalue weighted by molar-refractivity contribution is 0.0927. The number of furan rings is 1. The number of halogens is 1. The second kappa shape index (κ2) is 5.32. The molecule has 1 N–H and O–H groups in total. The summed E-state index contributed by atoms with van der Waals surface area (Å²) in [5, 5.41) is 4.36. The highest BCUT2D eigenvalue weighted by molar-refractivity contribution is 6.33. The molecule has 4 nitrogen and oxygen atoms in total. The predicted molar refractivity (Wildman–Crippen MR) is 65.2 cm³/mol. The van der Waals surface area contributed by atoms with Crippen LogP contribution in [0.1, 0.15) is 16.1 Å². The van der Waals surface area contributed by atoms with Crippen LogP contribution in [0.2, 0.25) is 5.02 Å². The lowest BCUT2D eigenvalue weighted by Gasteiger charge is -1.97. The third-order valence-corrected chi connectivity index (χ3v) is 2.36. The van der Waals surface area contributed by atoms with Gasteiger partial charge in [0.05, 0.1) is 12.5 Å². The average Bonchev–Trinajstić information content (AvgIpc) is 2.85. The van der Waals surface area contributed by atoms with Gasteiger partial charge in [0.25, 0.3) is 0 Å². The van der Waals surface area contributed by atoms with Crippen molar-refractivity contribution in [2.24, 2.45) is 5.10 Å². The van der Waals surface area contributed by atoms with Crippen molar-refractivity contribution < 1.29 is 9.21 Å². The number of carbonyl (C=O) groups excluding carboxylic acids is 1. The standard InChI is InChI=1S/C12H9ClN2O2/c13-10-5-2-1-4-9(10)8-14-15-12(16)11-6-3-7-17-11/h1-8H,(H,15,16)/b14-8+. The molecule has 0 aliphatic carbocycles. The maximum Gasteiger partial charge on any atom is 0.307 e. The summed E-state index contributed by atoms with van der Waals surface area (Å²) >= 11 is 5.92. The quantitative estimate of drug-likeness (QED) is 0.671. The number of hydrogen-bond acceptors (Lipinski definition) is 3. The first kappa shape index (κ1) is 11.4. The minimum Gasteiger partial charge on any atom is -0.459 e. The largest absolute Gasteiger partial charge is 0.459 e. The third-order valence-electron chi connectivity index (χ3n) is 2.02. The van der Waals surface area contributed by atoms with Gasteiger partial charge < -0.3 is 4.42 Å². The Kier molecular flexibility index (Phi) is 3.57. The van der Waals surface area contributed by atoms with Crippen molar-refractivity contribution in [1.82, 2.24) is 5.43 Å². The van der Waals surface area contributed by atoms with Crippen molar-refractivity contribution in [3.63, 3.8) is 0 Å². The van der Waals surface area contributed by atoms with Crippen LogP contribution in [0, 0.1) is 0 Å². The molecule has 0 fully saturated rings. The van der Waals surface area contributed by atoms with E-state index < -0.39 is 5.91 Å². The molecule has 0 aliphatic rings. The van der Waals surface area contributed by atoms with Gasteiger partial charge in [0.2, 0.25) is 0 Å². The number of nitrogens with one attached hydrogen (secondary N) is 1. The zero-order chi connectivity index (χ0) is 12.1. The highest BCUT2D eigenvalue weighted by atomic mass is 35.5. The van der Waals surface area contributed by atoms with Gasteiger partial charge in [-0.1, -0.05) is 29.8 Å². The molecule has 2 aromatic rings. The first-order valence-corrected chi connectivity index (χ1v) is 5.26. The zero-order valence-corrected chi connectivity index (χ0v) is 9.52. The van der Waals surface area contributed by atoms with E-state index in [1.54, 1.807) is 24.3 Å². The van der Waals surface area contributed by atoms with Crippen LogP contribution in [0.15, 0.2) is 52.2 Å². The maximum absolute atomic E-state index is 11.4. The number of hydrogen-bond donors (Lipinski definition) is 1. The molecular formula is C12H9ClN2O2. The SMILES string of the molecule is O=C(N/N=C/c1ccccc1Cl)c1ccco1.